The predicted molar refractivity (Wildman–Crippen MR) is 158 cm³/mol. The van der Waals surface area contributed by atoms with E-state index in [2.05, 4.69) is 91.5 Å². The Labute approximate surface area is 235 Å². The zero-order valence-corrected chi connectivity index (χ0v) is 23.2. The van der Waals surface area contributed by atoms with Gasteiger partial charge in [-0.15, -0.1) is 0 Å². The van der Waals surface area contributed by atoms with Crippen molar-refractivity contribution in [2.24, 2.45) is 0 Å². The number of aromatic nitrogens is 2. The van der Waals surface area contributed by atoms with Gasteiger partial charge in [-0.05, 0) is 55.7 Å². The molecule has 0 spiro atoms. The lowest BCUT2D eigenvalue weighted by molar-refractivity contribution is 0.0588. The SMILES string of the molecule is Cc1ccc(-n2nc(-c3ccc(C)o3)cc2C(=O)N2CCN(C(c3ccccc3)c3ccccc3)CC2)c(C)c1. The Morgan fingerprint density at radius 2 is 1.43 bits per heavy atom. The van der Waals surface area contributed by atoms with E-state index in [9.17, 15) is 4.79 Å². The second-order valence-electron chi connectivity index (χ2n) is 10.6. The molecular formula is C34H34N4O2. The largest absolute Gasteiger partial charge is 0.460 e. The van der Waals surface area contributed by atoms with Gasteiger partial charge in [-0.2, -0.15) is 5.10 Å². The number of nitrogens with zero attached hydrogens (tertiary/aromatic N) is 4. The summed E-state index contributed by atoms with van der Waals surface area (Å²) >= 11 is 0. The number of aryl methyl sites for hydroxylation is 3. The molecule has 5 aromatic rings. The fourth-order valence-electron chi connectivity index (χ4n) is 5.68. The van der Waals surface area contributed by atoms with Gasteiger partial charge in [-0.25, -0.2) is 4.68 Å². The van der Waals surface area contributed by atoms with Gasteiger partial charge in [0.05, 0.1) is 11.7 Å². The van der Waals surface area contributed by atoms with Gasteiger partial charge in [0.25, 0.3) is 5.91 Å². The maximum Gasteiger partial charge on any atom is 0.272 e. The van der Waals surface area contributed by atoms with Gasteiger partial charge in [0.15, 0.2) is 5.76 Å². The number of furan rings is 1. The molecule has 0 saturated carbocycles. The second-order valence-corrected chi connectivity index (χ2v) is 10.6. The molecule has 202 valence electrons. The lowest BCUT2D eigenvalue weighted by atomic mass is 9.96. The Kier molecular flexibility index (Phi) is 7.10. The van der Waals surface area contributed by atoms with E-state index in [1.807, 2.05) is 36.1 Å². The maximum absolute atomic E-state index is 14.1. The summed E-state index contributed by atoms with van der Waals surface area (Å²) in [6, 6.07) is 33.3. The van der Waals surface area contributed by atoms with E-state index < -0.39 is 0 Å². The minimum absolute atomic E-state index is 0.0161. The molecule has 2 aromatic heterocycles. The Hall–Kier alpha value is -4.42. The van der Waals surface area contributed by atoms with E-state index in [0.29, 0.717) is 30.2 Å². The molecule has 0 bridgehead atoms. The average molecular weight is 531 g/mol. The molecular weight excluding hydrogens is 496 g/mol. The fourth-order valence-corrected chi connectivity index (χ4v) is 5.68. The van der Waals surface area contributed by atoms with E-state index in [1.54, 1.807) is 4.68 Å². The Morgan fingerprint density at radius 3 is 2.00 bits per heavy atom. The highest BCUT2D eigenvalue weighted by Crippen LogP contribution is 2.31. The summed E-state index contributed by atoms with van der Waals surface area (Å²) in [6.07, 6.45) is 0. The van der Waals surface area contributed by atoms with Crippen LogP contribution in [0.25, 0.3) is 17.1 Å². The summed E-state index contributed by atoms with van der Waals surface area (Å²) in [7, 11) is 0. The highest BCUT2D eigenvalue weighted by atomic mass is 16.3. The Bertz CT molecular complexity index is 1570. The van der Waals surface area contributed by atoms with Crippen LogP contribution in [0.2, 0.25) is 0 Å². The fraction of sp³-hybridized carbons (Fsp3) is 0.235. The molecule has 6 rings (SSSR count). The molecule has 0 atom stereocenters. The van der Waals surface area contributed by atoms with Crippen molar-refractivity contribution in [1.29, 1.82) is 0 Å². The van der Waals surface area contributed by atoms with Crippen molar-refractivity contribution in [2.45, 2.75) is 26.8 Å². The van der Waals surface area contributed by atoms with Crippen LogP contribution in [0.3, 0.4) is 0 Å². The van der Waals surface area contributed by atoms with Gasteiger partial charge in [0.1, 0.15) is 17.1 Å². The van der Waals surface area contributed by atoms with Gasteiger partial charge in [-0.3, -0.25) is 9.69 Å². The standard InChI is InChI=1S/C34H34N4O2/c1-24-14-16-30(25(2)22-24)38-31(23-29(35-38)32-17-15-26(3)40-32)34(39)37-20-18-36(19-21-37)33(27-10-6-4-7-11-27)28-12-8-5-9-13-28/h4-17,22-23,33H,18-21H2,1-3H3. The molecule has 40 heavy (non-hydrogen) atoms. The topological polar surface area (TPSA) is 54.5 Å². The average Bonchev–Trinajstić information content (AvgIpc) is 3.61. The van der Waals surface area contributed by atoms with Gasteiger partial charge in [0.2, 0.25) is 0 Å². The van der Waals surface area contributed by atoms with E-state index in [4.69, 9.17) is 9.52 Å². The smallest absolute Gasteiger partial charge is 0.272 e. The quantitative estimate of drug-likeness (QED) is 0.248. The van der Waals surface area contributed by atoms with Crippen molar-refractivity contribution < 1.29 is 9.21 Å². The highest BCUT2D eigenvalue weighted by molar-refractivity contribution is 5.94. The molecule has 3 aromatic carbocycles. The van der Waals surface area contributed by atoms with Gasteiger partial charge in [-0.1, -0.05) is 78.4 Å². The molecule has 1 amide bonds. The van der Waals surface area contributed by atoms with E-state index in [1.165, 1.54) is 16.7 Å². The van der Waals surface area contributed by atoms with Crippen LogP contribution in [0.15, 0.2) is 101 Å². The number of amides is 1. The number of piperazine rings is 1. The summed E-state index contributed by atoms with van der Waals surface area (Å²) in [5.41, 5.74) is 6.87. The molecule has 0 N–H and O–H groups in total. The summed E-state index contributed by atoms with van der Waals surface area (Å²) in [5, 5.41) is 4.86. The summed E-state index contributed by atoms with van der Waals surface area (Å²) < 4.78 is 7.65. The highest BCUT2D eigenvalue weighted by Gasteiger charge is 2.30. The van der Waals surface area contributed by atoms with Crippen molar-refractivity contribution in [1.82, 2.24) is 19.6 Å². The molecule has 6 nitrogen and oxygen atoms in total. The number of carbonyl (C=O) groups is 1. The number of rotatable bonds is 6. The van der Waals surface area contributed by atoms with Crippen molar-refractivity contribution in [3.8, 4) is 17.1 Å². The van der Waals surface area contributed by atoms with Crippen LogP contribution < -0.4 is 0 Å². The molecule has 1 saturated heterocycles. The molecule has 0 radical (unpaired) electrons. The zero-order chi connectivity index (χ0) is 27.6. The van der Waals surface area contributed by atoms with Gasteiger partial charge < -0.3 is 9.32 Å². The number of hydrogen-bond acceptors (Lipinski definition) is 4. The van der Waals surface area contributed by atoms with E-state index >= 15 is 0 Å². The summed E-state index contributed by atoms with van der Waals surface area (Å²) in [5.74, 6) is 1.46. The van der Waals surface area contributed by atoms with Crippen LogP contribution in [0.4, 0.5) is 0 Å². The summed E-state index contributed by atoms with van der Waals surface area (Å²) in [6.45, 7) is 8.88. The number of benzene rings is 3. The van der Waals surface area contributed by atoms with E-state index in [-0.39, 0.29) is 11.9 Å². The van der Waals surface area contributed by atoms with Crippen molar-refractivity contribution in [2.75, 3.05) is 26.2 Å². The predicted octanol–water partition coefficient (Wildman–Crippen LogP) is 6.60. The number of hydrogen-bond donors (Lipinski definition) is 0. The van der Waals surface area contributed by atoms with Crippen molar-refractivity contribution in [3.05, 3.63) is 131 Å². The third kappa shape index (κ3) is 5.10. The van der Waals surface area contributed by atoms with Crippen molar-refractivity contribution >= 4 is 5.91 Å². The molecule has 0 aliphatic carbocycles. The molecule has 6 heteroatoms. The second kappa shape index (κ2) is 11.0. The molecule has 1 fully saturated rings. The van der Waals surface area contributed by atoms with E-state index in [0.717, 1.165) is 30.1 Å². The molecule has 1 aliphatic heterocycles. The molecule has 1 aliphatic rings. The third-order valence-corrected chi connectivity index (χ3v) is 7.70. The zero-order valence-electron chi connectivity index (χ0n) is 23.2. The van der Waals surface area contributed by atoms with Crippen LogP contribution in [-0.4, -0.2) is 51.7 Å². The van der Waals surface area contributed by atoms with Gasteiger partial charge >= 0.3 is 0 Å². The van der Waals surface area contributed by atoms with Gasteiger partial charge in [0, 0.05) is 32.2 Å². The summed E-state index contributed by atoms with van der Waals surface area (Å²) in [4.78, 5) is 18.5. The first-order valence-electron chi connectivity index (χ1n) is 13.9. The maximum atomic E-state index is 14.1. The first kappa shape index (κ1) is 25.8. The van der Waals surface area contributed by atoms with Crippen LogP contribution in [0.1, 0.15) is 44.5 Å². The third-order valence-electron chi connectivity index (χ3n) is 7.70. The molecule has 0 unspecified atom stereocenters. The van der Waals surface area contributed by atoms with Crippen LogP contribution in [0, 0.1) is 20.8 Å². The van der Waals surface area contributed by atoms with Crippen molar-refractivity contribution in [3.63, 3.8) is 0 Å². The van der Waals surface area contributed by atoms with Crippen LogP contribution in [-0.2, 0) is 0 Å². The molecule has 3 heterocycles. The minimum Gasteiger partial charge on any atom is -0.460 e. The first-order valence-corrected chi connectivity index (χ1v) is 13.9. The van der Waals surface area contributed by atoms with Crippen LogP contribution in [0.5, 0.6) is 0 Å². The first-order chi connectivity index (χ1) is 19.5. The van der Waals surface area contributed by atoms with Crippen LogP contribution >= 0.6 is 0 Å². The minimum atomic E-state index is -0.0161. The lowest BCUT2D eigenvalue weighted by Gasteiger charge is -2.39. The Morgan fingerprint density at radius 1 is 0.775 bits per heavy atom. The monoisotopic (exact) mass is 530 g/mol. The Balaban J connectivity index is 1.28. The lowest BCUT2D eigenvalue weighted by Crippen LogP contribution is -2.50. The number of carbonyl (C=O) groups excluding carboxylic acids is 1. The normalized spacial score (nSPS) is 14.2.